The highest BCUT2D eigenvalue weighted by Gasteiger charge is 2.22. The minimum Gasteiger partial charge on any atom is -0.351 e. The van der Waals surface area contributed by atoms with Crippen LogP contribution in [0.15, 0.2) is 34.0 Å². The van der Waals surface area contributed by atoms with Crippen LogP contribution in [0.4, 0.5) is 0 Å². The Morgan fingerprint density at radius 1 is 1.23 bits per heavy atom. The number of aromatic nitrogens is 2. The molecule has 2 aromatic heterocycles. The van der Waals surface area contributed by atoms with Gasteiger partial charge in [0.2, 0.25) is 0 Å². The Bertz CT molecular complexity index is 1160. The number of rotatable bonds is 3. The second-order valence-electron chi connectivity index (χ2n) is 5.91. The van der Waals surface area contributed by atoms with Crippen molar-refractivity contribution in [3.05, 3.63) is 66.8 Å². The van der Waals surface area contributed by atoms with Crippen LogP contribution >= 0.6 is 11.3 Å². The van der Waals surface area contributed by atoms with Gasteiger partial charge in [0, 0.05) is 29.5 Å². The van der Waals surface area contributed by atoms with Crippen molar-refractivity contribution in [3.8, 4) is 0 Å². The van der Waals surface area contributed by atoms with Crippen molar-refractivity contribution in [1.82, 2.24) is 20.6 Å². The van der Waals surface area contributed by atoms with Crippen LogP contribution in [0.1, 0.15) is 31.2 Å². The second-order valence-corrected chi connectivity index (χ2v) is 6.96. The van der Waals surface area contributed by atoms with Gasteiger partial charge in [0.05, 0.1) is 10.4 Å². The van der Waals surface area contributed by atoms with Crippen LogP contribution in [0.2, 0.25) is 0 Å². The van der Waals surface area contributed by atoms with Gasteiger partial charge in [0.1, 0.15) is 0 Å². The molecule has 0 atom stereocenters. The summed E-state index contributed by atoms with van der Waals surface area (Å²) in [5, 5.41) is 6.39. The Kier molecular flexibility index (Phi) is 3.92. The minimum absolute atomic E-state index is 0.00681. The summed E-state index contributed by atoms with van der Waals surface area (Å²) in [6.07, 6.45) is 2.01. The monoisotopic (exact) mass is 370 g/mol. The fourth-order valence-electron chi connectivity index (χ4n) is 2.95. The summed E-state index contributed by atoms with van der Waals surface area (Å²) in [7, 11) is 0. The molecule has 4 N–H and O–H groups in total. The molecule has 2 amide bonds. The molecule has 132 valence electrons. The lowest BCUT2D eigenvalue weighted by Crippen LogP contribution is -2.30. The molecule has 3 aromatic rings. The Labute approximate surface area is 150 Å². The van der Waals surface area contributed by atoms with E-state index in [9.17, 15) is 19.2 Å². The van der Waals surface area contributed by atoms with Gasteiger partial charge in [-0.3, -0.25) is 19.4 Å². The van der Waals surface area contributed by atoms with Gasteiger partial charge in [0.15, 0.2) is 0 Å². The summed E-state index contributed by atoms with van der Waals surface area (Å²) < 4.78 is 0.959. The van der Waals surface area contributed by atoms with Gasteiger partial charge in [-0.15, -0.1) is 11.3 Å². The first-order valence-corrected chi connectivity index (χ1v) is 8.77. The van der Waals surface area contributed by atoms with Crippen molar-refractivity contribution in [3.63, 3.8) is 0 Å². The van der Waals surface area contributed by atoms with Crippen molar-refractivity contribution in [2.24, 2.45) is 0 Å². The summed E-state index contributed by atoms with van der Waals surface area (Å²) in [6.45, 7) is 0.580. The molecule has 0 radical (unpaired) electrons. The number of hydrogen-bond acceptors (Lipinski definition) is 5. The molecule has 0 spiro atoms. The number of nitrogens with one attached hydrogen (secondary N) is 4. The minimum atomic E-state index is -0.596. The number of hydrogen-bond donors (Lipinski definition) is 4. The van der Waals surface area contributed by atoms with Crippen LogP contribution in [0, 0.1) is 0 Å². The maximum Gasteiger partial charge on any atom is 0.325 e. The van der Waals surface area contributed by atoms with Gasteiger partial charge >= 0.3 is 5.69 Å². The van der Waals surface area contributed by atoms with Crippen molar-refractivity contribution in [2.75, 3.05) is 6.54 Å². The molecule has 9 heteroatoms. The van der Waals surface area contributed by atoms with Crippen LogP contribution in [0.25, 0.3) is 10.1 Å². The number of amides is 2. The molecule has 4 rings (SSSR count). The van der Waals surface area contributed by atoms with Gasteiger partial charge in [0.25, 0.3) is 17.4 Å². The standard InChI is InChI=1S/C17H14N4O4S/c22-14(19-6-9-7-20-17(25)21-15(9)23)8-1-2-12-11(5-8)10-3-4-18-16(24)13(10)26-12/h1-2,5,7H,3-4,6H2,(H,18,24)(H,19,22)(H2,20,21,23,25). The van der Waals surface area contributed by atoms with Crippen molar-refractivity contribution in [2.45, 2.75) is 13.0 Å². The fraction of sp³-hybridized carbons (Fsp3) is 0.176. The third-order valence-corrected chi connectivity index (χ3v) is 5.47. The van der Waals surface area contributed by atoms with Gasteiger partial charge in [-0.1, -0.05) is 0 Å². The molecule has 1 aromatic carbocycles. The number of fused-ring (bicyclic) bond motifs is 3. The van der Waals surface area contributed by atoms with Gasteiger partial charge < -0.3 is 15.6 Å². The highest BCUT2D eigenvalue weighted by Crippen LogP contribution is 2.33. The zero-order valence-electron chi connectivity index (χ0n) is 13.5. The SMILES string of the molecule is O=C(NCc1c[nH]c(=O)[nH]c1=O)c1ccc2sc3c(c2c1)CCNC3=O. The van der Waals surface area contributed by atoms with E-state index in [-0.39, 0.29) is 23.9 Å². The molecule has 26 heavy (non-hydrogen) atoms. The second kappa shape index (κ2) is 6.26. The first-order chi connectivity index (χ1) is 12.5. The highest BCUT2D eigenvalue weighted by atomic mass is 32.1. The van der Waals surface area contributed by atoms with E-state index in [0.29, 0.717) is 17.0 Å². The largest absolute Gasteiger partial charge is 0.351 e. The molecule has 0 bridgehead atoms. The summed E-state index contributed by atoms with van der Waals surface area (Å²) >= 11 is 1.42. The molecule has 8 nitrogen and oxygen atoms in total. The Hall–Kier alpha value is -3.20. The normalized spacial score (nSPS) is 13.3. The van der Waals surface area contributed by atoms with Crippen LogP contribution in [-0.2, 0) is 13.0 Å². The first kappa shape index (κ1) is 16.3. The topological polar surface area (TPSA) is 124 Å². The summed E-state index contributed by atoms with van der Waals surface area (Å²) in [5.74, 6) is -0.409. The number of carbonyl (C=O) groups excluding carboxylic acids is 2. The van der Waals surface area contributed by atoms with Crippen LogP contribution < -0.4 is 21.9 Å². The van der Waals surface area contributed by atoms with Gasteiger partial charge in [-0.2, -0.15) is 0 Å². The van der Waals surface area contributed by atoms with Crippen LogP contribution in [-0.4, -0.2) is 28.3 Å². The van der Waals surface area contributed by atoms with Gasteiger partial charge in [-0.05, 0) is 35.6 Å². The smallest absolute Gasteiger partial charge is 0.325 e. The summed E-state index contributed by atoms with van der Waals surface area (Å²) in [4.78, 5) is 52.2. The number of carbonyl (C=O) groups is 2. The lowest BCUT2D eigenvalue weighted by Gasteiger charge is -2.12. The van der Waals surface area contributed by atoms with Crippen molar-refractivity contribution < 1.29 is 9.59 Å². The lowest BCUT2D eigenvalue weighted by molar-refractivity contribution is 0.0943. The molecular weight excluding hydrogens is 356 g/mol. The van der Waals surface area contributed by atoms with E-state index in [1.807, 2.05) is 6.07 Å². The molecule has 0 unspecified atom stereocenters. The third-order valence-electron chi connectivity index (χ3n) is 4.26. The number of H-pyrrole nitrogens is 2. The van der Waals surface area contributed by atoms with E-state index in [1.165, 1.54) is 17.5 Å². The Morgan fingerprint density at radius 2 is 2.08 bits per heavy atom. The lowest BCUT2D eigenvalue weighted by atomic mass is 10.0. The van der Waals surface area contributed by atoms with E-state index in [4.69, 9.17) is 0 Å². The fourth-order valence-corrected chi connectivity index (χ4v) is 4.10. The average Bonchev–Trinajstić information content (AvgIpc) is 3.00. The maximum atomic E-state index is 12.4. The average molecular weight is 370 g/mol. The number of aromatic amines is 2. The number of benzene rings is 1. The molecule has 0 saturated carbocycles. The Morgan fingerprint density at radius 3 is 2.88 bits per heavy atom. The molecule has 1 aliphatic heterocycles. The molecule has 3 heterocycles. The summed E-state index contributed by atoms with van der Waals surface area (Å²) in [6, 6.07) is 5.29. The van der Waals surface area contributed by atoms with Crippen molar-refractivity contribution in [1.29, 1.82) is 0 Å². The zero-order valence-corrected chi connectivity index (χ0v) is 14.3. The highest BCUT2D eigenvalue weighted by molar-refractivity contribution is 7.21. The predicted molar refractivity (Wildman–Crippen MR) is 96.7 cm³/mol. The van der Waals surface area contributed by atoms with Gasteiger partial charge in [-0.25, -0.2) is 4.79 Å². The quantitative estimate of drug-likeness (QED) is 0.536. The van der Waals surface area contributed by atoms with E-state index in [1.54, 1.807) is 12.1 Å². The predicted octanol–water partition coefficient (Wildman–Crippen LogP) is 0.494. The zero-order chi connectivity index (χ0) is 18.3. The van der Waals surface area contributed by atoms with Crippen molar-refractivity contribution >= 4 is 33.2 Å². The molecule has 0 aliphatic carbocycles. The van der Waals surface area contributed by atoms with Crippen LogP contribution in [0.3, 0.4) is 0 Å². The molecule has 1 aliphatic rings. The molecule has 0 fully saturated rings. The van der Waals surface area contributed by atoms with E-state index < -0.39 is 11.2 Å². The van der Waals surface area contributed by atoms with E-state index in [2.05, 4.69) is 20.6 Å². The molecule has 0 saturated heterocycles. The maximum absolute atomic E-state index is 12.4. The number of thiophene rings is 1. The summed E-state index contributed by atoms with van der Waals surface area (Å²) in [5.41, 5.74) is 0.540. The van der Waals surface area contributed by atoms with E-state index in [0.717, 1.165) is 22.1 Å². The van der Waals surface area contributed by atoms with E-state index >= 15 is 0 Å². The Balaban J connectivity index is 1.60. The first-order valence-electron chi connectivity index (χ1n) is 7.95. The van der Waals surface area contributed by atoms with Crippen LogP contribution in [0.5, 0.6) is 0 Å². The third kappa shape index (κ3) is 2.82. The molecular formula is C17H14N4O4S.